The fourth-order valence-electron chi connectivity index (χ4n) is 4.22. The van der Waals surface area contributed by atoms with Gasteiger partial charge >= 0.3 is 12.1 Å². The molecule has 3 aromatic rings. The van der Waals surface area contributed by atoms with Gasteiger partial charge in [0.2, 0.25) is 0 Å². The summed E-state index contributed by atoms with van der Waals surface area (Å²) < 4.78 is 5.66. The minimum absolute atomic E-state index is 0.0741. The average Bonchev–Trinajstić information content (AvgIpc) is 3.11. The number of amides is 1. The highest BCUT2D eigenvalue weighted by molar-refractivity contribution is 5.84. The molecule has 1 N–H and O–H groups in total. The fraction of sp³-hybridized carbons (Fsp3) is 0.231. The second-order valence-corrected chi connectivity index (χ2v) is 8.10. The first-order valence-corrected chi connectivity index (χ1v) is 10.3. The molecule has 0 bridgehead atoms. The van der Waals surface area contributed by atoms with Gasteiger partial charge in [-0.05, 0) is 34.7 Å². The Morgan fingerprint density at radius 3 is 1.97 bits per heavy atom. The van der Waals surface area contributed by atoms with Gasteiger partial charge in [-0.2, -0.15) is 0 Å². The van der Waals surface area contributed by atoms with Crippen molar-refractivity contribution in [3.63, 3.8) is 0 Å². The number of fused-ring (bicyclic) bond motifs is 3. The summed E-state index contributed by atoms with van der Waals surface area (Å²) in [5, 5.41) is 9.90. The van der Waals surface area contributed by atoms with Crippen LogP contribution in [-0.4, -0.2) is 41.3 Å². The topological polar surface area (TPSA) is 66.8 Å². The quantitative estimate of drug-likeness (QED) is 0.618. The van der Waals surface area contributed by atoms with Crippen molar-refractivity contribution in [2.24, 2.45) is 0 Å². The number of hydrogen-bond acceptors (Lipinski definition) is 3. The monoisotopic (exact) mass is 415 g/mol. The molecule has 1 aliphatic rings. The molecule has 0 spiro atoms. The lowest BCUT2D eigenvalue weighted by Gasteiger charge is -2.34. The van der Waals surface area contributed by atoms with E-state index in [-0.39, 0.29) is 18.9 Å². The molecule has 0 saturated heterocycles. The maximum atomic E-state index is 12.9. The highest BCUT2D eigenvalue weighted by Crippen LogP contribution is 2.44. The molecule has 0 heterocycles. The molecule has 0 saturated carbocycles. The Hall–Kier alpha value is -3.60. The molecule has 1 amide bonds. The van der Waals surface area contributed by atoms with Gasteiger partial charge in [0.05, 0.1) is 0 Å². The van der Waals surface area contributed by atoms with Crippen molar-refractivity contribution in [1.82, 2.24) is 4.90 Å². The third-order valence-corrected chi connectivity index (χ3v) is 6.20. The Labute approximate surface area is 181 Å². The molecule has 3 aromatic carbocycles. The van der Waals surface area contributed by atoms with Crippen molar-refractivity contribution in [3.05, 3.63) is 95.6 Å². The number of nitrogens with zero attached hydrogens (tertiary/aromatic N) is 1. The average molecular weight is 415 g/mol. The lowest BCUT2D eigenvalue weighted by atomic mass is 9.91. The fourth-order valence-corrected chi connectivity index (χ4v) is 4.22. The molecular weight excluding hydrogens is 390 g/mol. The summed E-state index contributed by atoms with van der Waals surface area (Å²) in [6.07, 6.45) is -0.466. The van der Waals surface area contributed by atoms with E-state index in [1.54, 1.807) is 6.92 Å². The van der Waals surface area contributed by atoms with Crippen molar-refractivity contribution in [1.29, 1.82) is 0 Å². The minimum Gasteiger partial charge on any atom is -0.479 e. The molecule has 31 heavy (non-hydrogen) atoms. The van der Waals surface area contributed by atoms with Crippen molar-refractivity contribution >= 4 is 12.1 Å². The third-order valence-electron chi connectivity index (χ3n) is 6.20. The zero-order chi connectivity index (χ0) is 22.0. The zero-order valence-corrected chi connectivity index (χ0v) is 17.6. The number of carboxylic acids is 1. The van der Waals surface area contributed by atoms with Crippen LogP contribution in [0.15, 0.2) is 78.9 Å². The summed E-state index contributed by atoms with van der Waals surface area (Å²) in [5.74, 6) is -1.15. The van der Waals surface area contributed by atoms with Gasteiger partial charge in [-0.15, -0.1) is 0 Å². The van der Waals surface area contributed by atoms with Gasteiger partial charge in [-0.3, -0.25) is 4.90 Å². The molecule has 4 rings (SSSR count). The van der Waals surface area contributed by atoms with Gasteiger partial charge in [-0.1, -0.05) is 78.9 Å². The van der Waals surface area contributed by atoms with E-state index in [1.165, 1.54) is 11.9 Å². The van der Waals surface area contributed by atoms with E-state index < -0.39 is 17.6 Å². The SMILES string of the molecule is CN(C(=O)OCC1c2ccccc2-c2ccccc21)C(C)(Cc1ccccc1)C(=O)O. The van der Waals surface area contributed by atoms with Gasteiger partial charge in [0, 0.05) is 19.4 Å². The van der Waals surface area contributed by atoms with Crippen LogP contribution in [0.2, 0.25) is 0 Å². The summed E-state index contributed by atoms with van der Waals surface area (Å²) in [6.45, 7) is 1.70. The standard InChI is InChI=1S/C26H25NO4/c1-26(24(28)29,16-18-10-4-3-5-11-18)27(2)25(30)31-17-23-21-14-8-6-12-19(21)20-13-7-9-15-22(20)23/h3-15,23H,16-17H2,1-2H3,(H,28,29). The molecule has 158 valence electrons. The van der Waals surface area contributed by atoms with E-state index >= 15 is 0 Å². The van der Waals surface area contributed by atoms with Gasteiger partial charge in [0.15, 0.2) is 0 Å². The van der Waals surface area contributed by atoms with E-state index in [1.807, 2.05) is 66.7 Å². The summed E-state index contributed by atoms with van der Waals surface area (Å²) in [5.41, 5.74) is 3.93. The summed E-state index contributed by atoms with van der Waals surface area (Å²) in [6, 6.07) is 25.5. The predicted octanol–water partition coefficient (Wildman–Crippen LogP) is 4.95. The lowest BCUT2D eigenvalue weighted by Crippen LogP contribution is -2.54. The normalized spacial score (nSPS) is 14.3. The number of likely N-dealkylation sites (N-methyl/N-ethyl adjacent to an activating group) is 1. The van der Waals surface area contributed by atoms with E-state index in [0.717, 1.165) is 27.8 Å². The Bertz CT molecular complexity index is 1070. The van der Waals surface area contributed by atoms with Crippen LogP contribution in [0.1, 0.15) is 29.5 Å². The summed E-state index contributed by atoms with van der Waals surface area (Å²) in [7, 11) is 1.48. The second-order valence-electron chi connectivity index (χ2n) is 8.10. The first-order valence-electron chi connectivity index (χ1n) is 10.3. The van der Waals surface area contributed by atoms with Crippen molar-refractivity contribution < 1.29 is 19.4 Å². The Morgan fingerprint density at radius 1 is 0.903 bits per heavy atom. The largest absolute Gasteiger partial charge is 0.479 e. The number of hydrogen-bond donors (Lipinski definition) is 1. The second kappa shape index (κ2) is 8.26. The van der Waals surface area contributed by atoms with E-state index in [4.69, 9.17) is 4.74 Å². The highest BCUT2D eigenvalue weighted by Gasteiger charge is 2.41. The third kappa shape index (κ3) is 3.79. The number of carbonyl (C=O) groups excluding carboxylic acids is 1. The number of ether oxygens (including phenoxy) is 1. The number of carboxylic acid groups (broad SMARTS) is 1. The first-order chi connectivity index (χ1) is 14.9. The maximum absolute atomic E-state index is 12.9. The van der Waals surface area contributed by atoms with Crippen LogP contribution in [0.5, 0.6) is 0 Å². The molecule has 0 aromatic heterocycles. The molecular formula is C26H25NO4. The first kappa shape index (κ1) is 20.7. The molecule has 0 aliphatic heterocycles. The molecule has 0 radical (unpaired) electrons. The van der Waals surface area contributed by atoms with E-state index in [0.29, 0.717) is 0 Å². The van der Waals surface area contributed by atoms with Crippen LogP contribution < -0.4 is 0 Å². The predicted molar refractivity (Wildman–Crippen MR) is 119 cm³/mol. The highest BCUT2D eigenvalue weighted by atomic mass is 16.6. The Kier molecular flexibility index (Phi) is 5.51. The smallest absolute Gasteiger partial charge is 0.410 e. The van der Waals surface area contributed by atoms with Gasteiger partial charge in [-0.25, -0.2) is 9.59 Å². The lowest BCUT2D eigenvalue weighted by molar-refractivity contribution is -0.148. The van der Waals surface area contributed by atoms with Crippen LogP contribution in [0, 0.1) is 0 Å². The molecule has 5 nitrogen and oxygen atoms in total. The number of rotatable bonds is 6. The number of carbonyl (C=O) groups is 2. The number of benzene rings is 3. The summed E-state index contributed by atoms with van der Waals surface area (Å²) >= 11 is 0. The van der Waals surface area contributed by atoms with Crippen LogP contribution in [0.25, 0.3) is 11.1 Å². The number of aliphatic carboxylic acids is 1. The summed E-state index contributed by atoms with van der Waals surface area (Å²) in [4.78, 5) is 26.2. The Morgan fingerprint density at radius 2 is 1.42 bits per heavy atom. The zero-order valence-electron chi connectivity index (χ0n) is 17.6. The van der Waals surface area contributed by atoms with Crippen LogP contribution in [0.4, 0.5) is 4.79 Å². The molecule has 1 aliphatic carbocycles. The van der Waals surface area contributed by atoms with E-state index in [9.17, 15) is 14.7 Å². The molecule has 5 heteroatoms. The minimum atomic E-state index is -1.43. The van der Waals surface area contributed by atoms with Crippen molar-refractivity contribution in [2.75, 3.05) is 13.7 Å². The Balaban J connectivity index is 1.52. The van der Waals surface area contributed by atoms with Gasteiger partial charge in [0.1, 0.15) is 12.1 Å². The van der Waals surface area contributed by atoms with Gasteiger partial charge < -0.3 is 9.84 Å². The van der Waals surface area contributed by atoms with E-state index in [2.05, 4.69) is 12.1 Å². The van der Waals surface area contributed by atoms with Crippen molar-refractivity contribution in [2.45, 2.75) is 24.8 Å². The molecule has 1 atom stereocenters. The maximum Gasteiger partial charge on any atom is 0.410 e. The van der Waals surface area contributed by atoms with Crippen molar-refractivity contribution in [3.8, 4) is 11.1 Å². The molecule has 0 fully saturated rings. The molecule has 1 unspecified atom stereocenters. The van der Waals surface area contributed by atoms with Crippen LogP contribution >= 0.6 is 0 Å². The van der Waals surface area contributed by atoms with Crippen LogP contribution in [0.3, 0.4) is 0 Å². The van der Waals surface area contributed by atoms with Crippen LogP contribution in [-0.2, 0) is 16.0 Å². The van der Waals surface area contributed by atoms with Gasteiger partial charge in [0.25, 0.3) is 0 Å².